The first-order chi connectivity index (χ1) is 12.2. The van der Waals surface area contributed by atoms with Gasteiger partial charge in [0.2, 0.25) is 0 Å². The van der Waals surface area contributed by atoms with Crippen molar-refractivity contribution in [3.05, 3.63) is 71.8 Å². The van der Waals surface area contributed by atoms with Crippen molar-refractivity contribution in [1.29, 1.82) is 0 Å². The molecule has 0 amide bonds. The van der Waals surface area contributed by atoms with Gasteiger partial charge < -0.3 is 10.1 Å². The van der Waals surface area contributed by atoms with E-state index in [1.165, 1.54) is 5.56 Å². The van der Waals surface area contributed by atoms with Crippen LogP contribution in [-0.2, 0) is 0 Å². The van der Waals surface area contributed by atoms with Crippen molar-refractivity contribution in [1.82, 2.24) is 5.43 Å². The zero-order chi connectivity index (χ0) is 17.6. The van der Waals surface area contributed by atoms with Crippen LogP contribution in [0.4, 0.5) is 5.69 Å². The summed E-state index contributed by atoms with van der Waals surface area (Å²) in [5, 5.41) is 9.91. The monoisotopic (exact) mass is 349 g/mol. The maximum Gasteiger partial charge on any atom is 0.191 e. The van der Waals surface area contributed by atoms with Crippen LogP contribution in [0.3, 0.4) is 0 Å². The number of ether oxygens (including phenoxy) is 1. The van der Waals surface area contributed by atoms with Gasteiger partial charge in [-0.15, -0.1) is 0 Å². The third-order valence-electron chi connectivity index (χ3n) is 3.82. The van der Waals surface area contributed by atoms with E-state index in [4.69, 9.17) is 17.0 Å². The van der Waals surface area contributed by atoms with E-state index in [0.29, 0.717) is 5.11 Å². The van der Waals surface area contributed by atoms with Crippen LogP contribution < -0.4 is 15.5 Å². The Bertz CT molecular complexity index is 920. The van der Waals surface area contributed by atoms with E-state index in [9.17, 15) is 0 Å². The fraction of sp³-hybridized carbons (Fsp3) is 0.100. The van der Waals surface area contributed by atoms with E-state index in [1.54, 1.807) is 13.3 Å². The van der Waals surface area contributed by atoms with Gasteiger partial charge in [0.1, 0.15) is 5.75 Å². The summed E-state index contributed by atoms with van der Waals surface area (Å²) in [6.07, 6.45) is 1.75. The highest BCUT2D eigenvalue weighted by molar-refractivity contribution is 7.80. The van der Waals surface area contributed by atoms with Gasteiger partial charge in [0.05, 0.1) is 13.3 Å². The Morgan fingerprint density at radius 3 is 2.44 bits per heavy atom. The van der Waals surface area contributed by atoms with Gasteiger partial charge in [-0.05, 0) is 48.8 Å². The number of nitrogens with zero attached hydrogens (tertiary/aromatic N) is 1. The number of aryl methyl sites for hydroxylation is 1. The first-order valence-electron chi connectivity index (χ1n) is 7.90. The van der Waals surface area contributed by atoms with Crippen LogP contribution in [0.2, 0.25) is 0 Å². The number of methoxy groups -OCH3 is 1. The molecule has 0 heterocycles. The van der Waals surface area contributed by atoms with E-state index >= 15 is 0 Å². The molecule has 0 spiro atoms. The molecule has 126 valence electrons. The minimum atomic E-state index is 0.443. The maximum absolute atomic E-state index is 5.41. The van der Waals surface area contributed by atoms with Crippen LogP contribution in [-0.4, -0.2) is 18.4 Å². The lowest BCUT2D eigenvalue weighted by atomic mass is 10.0. The quantitative estimate of drug-likeness (QED) is 0.414. The zero-order valence-corrected chi connectivity index (χ0v) is 14.9. The molecule has 3 rings (SSSR count). The third kappa shape index (κ3) is 4.14. The van der Waals surface area contributed by atoms with E-state index < -0.39 is 0 Å². The van der Waals surface area contributed by atoms with Crippen molar-refractivity contribution in [2.75, 3.05) is 12.4 Å². The highest BCUT2D eigenvalue weighted by Gasteiger charge is 2.04. The van der Waals surface area contributed by atoms with Crippen LogP contribution in [0.1, 0.15) is 11.1 Å². The van der Waals surface area contributed by atoms with Gasteiger partial charge in [-0.2, -0.15) is 5.10 Å². The average molecular weight is 349 g/mol. The average Bonchev–Trinajstić information content (AvgIpc) is 2.64. The summed E-state index contributed by atoms with van der Waals surface area (Å²) in [6, 6.07) is 20.0. The molecule has 5 heteroatoms. The lowest BCUT2D eigenvalue weighted by molar-refractivity contribution is 0.420. The van der Waals surface area contributed by atoms with Gasteiger partial charge in [-0.25, -0.2) is 0 Å². The lowest BCUT2D eigenvalue weighted by Gasteiger charge is -2.08. The molecule has 0 atom stereocenters. The minimum absolute atomic E-state index is 0.443. The van der Waals surface area contributed by atoms with E-state index in [1.807, 2.05) is 67.6 Å². The van der Waals surface area contributed by atoms with Gasteiger partial charge in [0.25, 0.3) is 0 Å². The summed E-state index contributed by atoms with van der Waals surface area (Å²) in [4.78, 5) is 0. The Labute approximate surface area is 152 Å². The van der Waals surface area contributed by atoms with E-state index in [2.05, 4.69) is 15.8 Å². The number of hydrazone groups is 1. The molecule has 4 nitrogen and oxygen atoms in total. The number of rotatable bonds is 4. The van der Waals surface area contributed by atoms with E-state index in [0.717, 1.165) is 27.8 Å². The molecular weight excluding hydrogens is 330 g/mol. The van der Waals surface area contributed by atoms with Gasteiger partial charge in [0.15, 0.2) is 5.11 Å². The summed E-state index contributed by atoms with van der Waals surface area (Å²) >= 11 is 5.26. The fourth-order valence-electron chi connectivity index (χ4n) is 2.54. The topological polar surface area (TPSA) is 45.6 Å². The number of fused-ring (bicyclic) bond motifs is 1. The predicted molar refractivity (Wildman–Crippen MR) is 109 cm³/mol. The molecule has 0 unspecified atom stereocenters. The normalized spacial score (nSPS) is 10.8. The summed E-state index contributed by atoms with van der Waals surface area (Å²) in [6.45, 7) is 2.05. The second-order valence-corrected chi connectivity index (χ2v) is 6.00. The second-order valence-electron chi connectivity index (χ2n) is 5.59. The molecule has 3 aromatic carbocycles. The molecular formula is C20H19N3OS. The molecule has 0 aromatic heterocycles. The summed E-state index contributed by atoms with van der Waals surface area (Å²) in [5.74, 6) is 0.845. The van der Waals surface area contributed by atoms with Crippen LogP contribution in [0.15, 0.2) is 65.8 Å². The highest BCUT2D eigenvalue weighted by atomic mass is 32.1. The molecule has 0 aliphatic rings. The van der Waals surface area contributed by atoms with Crippen molar-refractivity contribution < 1.29 is 4.74 Å². The Morgan fingerprint density at radius 2 is 1.72 bits per heavy atom. The summed E-state index contributed by atoms with van der Waals surface area (Å²) in [7, 11) is 1.67. The Kier molecular flexibility index (Phi) is 5.26. The summed E-state index contributed by atoms with van der Waals surface area (Å²) < 4.78 is 5.41. The smallest absolute Gasteiger partial charge is 0.191 e. The molecule has 0 fully saturated rings. The van der Waals surface area contributed by atoms with Crippen molar-refractivity contribution in [3.8, 4) is 5.75 Å². The molecule has 0 aliphatic heterocycles. The van der Waals surface area contributed by atoms with Crippen LogP contribution in [0.5, 0.6) is 5.75 Å². The van der Waals surface area contributed by atoms with E-state index in [-0.39, 0.29) is 0 Å². The molecule has 0 bridgehead atoms. The minimum Gasteiger partial charge on any atom is -0.496 e. The van der Waals surface area contributed by atoms with Gasteiger partial charge in [0, 0.05) is 16.6 Å². The van der Waals surface area contributed by atoms with Gasteiger partial charge >= 0.3 is 0 Å². The standard InChI is InChI=1S/C20H19N3OS/c1-14-7-10-16(11-8-14)22-20(25)23-21-13-15-9-12-19(24-2)18-6-4-3-5-17(15)18/h3-13H,1-2H3,(H2,22,23,25)/b21-13-. The molecule has 0 aliphatic carbocycles. The fourth-order valence-corrected chi connectivity index (χ4v) is 2.71. The molecule has 0 radical (unpaired) electrons. The molecule has 0 saturated heterocycles. The maximum atomic E-state index is 5.41. The first kappa shape index (κ1) is 16.9. The lowest BCUT2D eigenvalue weighted by Crippen LogP contribution is -2.23. The van der Waals surface area contributed by atoms with Gasteiger partial charge in [-0.1, -0.05) is 42.0 Å². The van der Waals surface area contributed by atoms with Crippen LogP contribution >= 0.6 is 12.2 Å². The van der Waals surface area contributed by atoms with Crippen molar-refractivity contribution in [2.45, 2.75) is 6.92 Å². The van der Waals surface area contributed by atoms with Gasteiger partial charge in [-0.3, -0.25) is 5.43 Å². The van der Waals surface area contributed by atoms with Crippen molar-refractivity contribution in [3.63, 3.8) is 0 Å². The van der Waals surface area contributed by atoms with Crippen molar-refractivity contribution in [2.24, 2.45) is 5.10 Å². The largest absolute Gasteiger partial charge is 0.496 e. The van der Waals surface area contributed by atoms with Crippen LogP contribution in [0, 0.1) is 6.92 Å². The van der Waals surface area contributed by atoms with Crippen LogP contribution in [0.25, 0.3) is 10.8 Å². The Morgan fingerprint density at radius 1 is 1.00 bits per heavy atom. The number of hydrogen-bond donors (Lipinski definition) is 2. The number of nitrogens with one attached hydrogen (secondary N) is 2. The first-order valence-corrected chi connectivity index (χ1v) is 8.30. The predicted octanol–water partition coefficient (Wildman–Crippen LogP) is 4.48. The molecule has 2 N–H and O–H groups in total. The highest BCUT2D eigenvalue weighted by Crippen LogP contribution is 2.27. The number of benzene rings is 3. The third-order valence-corrected chi connectivity index (χ3v) is 4.01. The SMILES string of the molecule is COc1ccc(/C=N\NC(=S)Nc2ccc(C)cc2)c2ccccc12. The Hall–Kier alpha value is -2.92. The zero-order valence-electron chi connectivity index (χ0n) is 14.1. The molecule has 3 aromatic rings. The number of hydrogen-bond acceptors (Lipinski definition) is 3. The molecule has 25 heavy (non-hydrogen) atoms. The number of thiocarbonyl (C=S) groups is 1. The second kappa shape index (κ2) is 7.77. The summed E-state index contributed by atoms with van der Waals surface area (Å²) in [5.41, 5.74) is 5.96. The Balaban J connectivity index is 1.71. The van der Waals surface area contributed by atoms with Crippen molar-refractivity contribution >= 4 is 40.0 Å². The number of anilines is 1. The molecule has 0 saturated carbocycles.